The molecule has 0 fully saturated rings. The molecule has 1 amide bonds. The van der Waals surface area contributed by atoms with Gasteiger partial charge < -0.3 is 10.6 Å². The topological polar surface area (TPSA) is 46.3 Å². The quantitative estimate of drug-likeness (QED) is 0.790. The minimum atomic E-state index is -5.66. The first-order valence-corrected chi connectivity index (χ1v) is 5.57. The van der Waals surface area contributed by atoms with E-state index in [0.29, 0.717) is 4.90 Å². The Balaban J connectivity index is 5.18. The van der Waals surface area contributed by atoms with Gasteiger partial charge in [-0.05, 0) is 19.4 Å². The van der Waals surface area contributed by atoms with Crippen LogP contribution in [0.1, 0.15) is 13.8 Å². The van der Waals surface area contributed by atoms with Crippen LogP contribution in [0, 0.1) is 11.8 Å². The molecule has 0 aromatic carbocycles. The van der Waals surface area contributed by atoms with E-state index in [2.05, 4.69) is 0 Å². The van der Waals surface area contributed by atoms with Gasteiger partial charge in [0.25, 0.3) is 0 Å². The van der Waals surface area contributed by atoms with Crippen LogP contribution < -0.4 is 5.73 Å². The Morgan fingerprint density at radius 2 is 1.58 bits per heavy atom. The number of nitrogens with two attached hydrogens (primary N) is 1. The van der Waals surface area contributed by atoms with Gasteiger partial charge in [-0.3, -0.25) is 4.79 Å². The fourth-order valence-corrected chi connectivity index (χ4v) is 1.47. The molecule has 2 N–H and O–H groups in total. The van der Waals surface area contributed by atoms with Crippen molar-refractivity contribution in [3.8, 4) is 0 Å². The van der Waals surface area contributed by atoms with Gasteiger partial charge in [0.05, 0.1) is 0 Å². The fourth-order valence-electron chi connectivity index (χ4n) is 1.47. The van der Waals surface area contributed by atoms with E-state index in [1.54, 1.807) is 0 Å². The summed E-state index contributed by atoms with van der Waals surface area (Å²) in [6.07, 6.45) is -11.3. The highest BCUT2D eigenvalue weighted by molar-refractivity contribution is 5.80. The molecule has 0 rings (SSSR count). The average Bonchev–Trinajstić information content (AvgIpc) is 2.20. The molecule has 0 bridgehead atoms. The van der Waals surface area contributed by atoms with E-state index in [1.807, 2.05) is 0 Å². The standard InChI is InChI=1S/C10H16F6N2O/c1-3-18(5-6(2)4-17)8(19)7(9(11,12)13)10(14,15)16/h6-7H,3-5,17H2,1-2H3. The van der Waals surface area contributed by atoms with E-state index in [9.17, 15) is 31.1 Å². The van der Waals surface area contributed by atoms with Crippen molar-refractivity contribution in [2.24, 2.45) is 17.6 Å². The molecule has 0 spiro atoms. The summed E-state index contributed by atoms with van der Waals surface area (Å²) in [5, 5.41) is 0. The van der Waals surface area contributed by atoms with Gasteiger partial charge in [0.15, 0.2) is 0 Å². The summed E-state index contributed by atoms with van der Waals surface area (Å²) in [5.74, 6) is -6.35. The van der Waals surface area contributed by atoms with Gasteiger partial charge in [-0.15, -0.1) is 0 Å². The first-order chi connectivity index (χ1) is 8.45. The Hall–Kier alpha value is -0.990. The zero-order chi connectivity index (χ0) is 15.4. The van der Waals surface area contributed by atoms with E-state index in [1.165, 1.54) is 13.8 Å². The zero-order valence-corrected chi connectivity index (χ0v) is 10.5. The Morgan fingerprint density at radius 3 is 1.84 bits per heavy atom. The maximum atomic E-state index is 12.4. The van der Waals surface area contributed by atoms with Gasteiger partial charge in [0, 0.05) is 13.1 Å². The molecular formula is C10H16F6N2O. The van der Waals surface area contributed by atoms with Crippen molar-refractivity contribution >= 4 is 5.91 Å². The molecule has 0 aliphatic heterocycles. The molecule has 114 valence electrons. The SMILES string of the molecule is CCN(CC(C)CN)C(=O)C(C(F)(F)F)C(F)(F)F. The number of rotatable bonds is 5. The first kappa shape index (κ1) is 18.0. The number of halogens is 6. The summed E-state index contributed by atoms with van der Waals surface area (Å²) >= 11 is 0. The van der Waals surface area contributed by atoms with Crippen molar-refractivity contribution in [3.63, 3.8) is 0 Å². The Kier molecular flexibility index (Phi) is 6.11. The molecule has 0 aliphatic rings. The fraction of sp³-hybridized carbons (Fsp3) is 0.900. The van der Waals surface area contributed by atoms with Crippen LogP contribution in [0.15, 0.2) is 0 Å². The number of hydrogen-bond acceptors (Lipinski definition) is 2. The zero-order valence-electron chi connectivity index (χ0n) is 10.5. The summed E-state index contributed by atoms with van der Waals surface area (Å²) in [7, 11) is 0. The van der Waals surface area contributed by atoms with Crippen LogP contribution in [0.2, 0.25) is 0 Å². The lowest BCUT2D eigenvalue weighted by Gasteiger charge is -2.30. The lowest BCUT2D eigenvalue weighted by molar-refractivity contribution is -0.277. The van der Waals surface area contributed by atoms with Gasteiger partial charge in [-0.1, -0.05) is 6.92 Å². The average molecular weight is 294 g/mol. The van der Waals surface area contributed by atoms with Crippen LogP contribution in [0.3, 0.4) is 0 Å². The van der Waals surface area contributed by atoms with Gasteiger partial charge in [0.1, 0.15) is 0 Å². The highest BCUT2D eigenvalue weighted by atomic mass is 19.4. The monoisotopic (exact) mass is 294 g/mol. The second-order valence-corrected chi connectivity index (χ2v) is 4.23. The molecule has 0 heterocycles. The predicted octanol–water partition coefficient (Wildman–Crippen LogP) is 2.17. The number of amides is 1. The number of alkyl halides is 6. The summed E-state index contributed by atoms with van der Waals surface area (Å²) in [4.78, 5) is 12.0. The van der Waals surface area contributed by atoms with Gasteiger partial charge in [-0.25, -0.2) is 0 Å². The molecule has 0 saturated heterocycles. The minimum Gasteiger partial charge on any atom is -0.342 e. The van der Waals surface area contributed by atoms with Crippen molar-refractivity contribution in [3.05, 3.63) is 0 Å². The van der Waals surface area contributed by atoms with Gasteiger partial charge in [0.2, 0.25) is 11.8 Å². The van der Waals surface area contributed by atoms with Crippen molar-refractivity contribution in [1.29, 1.82) is 0 Å². The predicted molar refractivity (Wildman–Crippen MR) is 56.1 cm³/mol. The van der Waals surface area contributed by atoms with Crippen LogP contribution in [-0.2, 0) is 4.79 Å². The maximum Gasteiger partial charge on any atom is 0.409 e. The van der Waals surface area contributed by atoms with E-state index < -0.39 is 24.2 Å². The molecule has 1 atom stereocenters. The largest absolute Gasteiger partial charge is 0.409 e. The number of carbonyl (C=O) groups excluding carboxylic acids is 1. The van der Waals surface area contributed by atoms with E-state index in [4.69, 9.17) is 5.73 Å². The third kappa shape index (κ3) is 5.25. The van der Waals surface area contributed by atoms with Gasteiger partial charge in [-0.2, -0.15) is 26.3 Å². The molecular weight excluding hydrogens is 278 g/mol. The molecule has 19 heavy (non-hydrogen) atoms. The summed E-state index contributed by atoms with van der Waals surface area (Å²) in [5.41, 5.74) is 5.24. The number of nitrogens with zero attached hydrogens (tertiary/aromatic N) is 1. The molecule has 1 unspecified atom stereocenters. The molecule has 0 aromatic heterocycles. The van der Waals surface area contributed by atoms with Crippen molar-refractivity contribution in [2.45, 2.75) is 26.2 Å². The first-order valence-electron chi connectivity index (χ1n) is 5.57. The van der Waals surface area contributed by atoms with Crippen LogP contribution >= 0.6 is 0 Å². The smallest absolute Gasteiger partial charge is 0.342 e. The van der Waals surface area contributed by atoms with Crippen molar-refractivity contribution in [1.82, 2.24) is 4.90 Å². The summed E-state index contributed by atoms with van der Waals surface area (Å²) in [6.45, 7) is 2.42. The number of carbonyl (C=O) groups is 1. The van der Waals surface area contributed by atoms with Gasteiger partial charge >= 0.3 is 12.4 Å². The van der Waals surface area contributed by atoms with E-state index >= 15 is 0 Å². The molecule has 0 aliphatic carbocycles. The van der Waals surface area contributed by atoms with Crippen molar-refractivity contribution < 1.29 is 31.1 Å². The van der Waals surface area contributed by atoms with Crippen LogP contribution in [0.5, 0.6) is 0 Å². The summed E-state index contributed by atoms with van der Waals surface area (Å²) in [6, 6.07) is 0. The summed E-state index contributed by atoms with van der Waals surface area (Å²) < 4.78 is 74.3. The highest BCUT2D eigenvalue weighted by Crippen LogP contribution is 2.40. The molecule has 9 heteroatoms. The molecule has 0 aromatic rings. The van der Waals surface area contributed by atoms with Crippen LogP contribution in [-0.4, -0.2) is 42.8 Å². The Bertz CT molecular complexity index is 287. The van der Waals surface area contributed by atoms with Crippen LogP contribution in [0.25, 0.3) is 0 Å². The Morgan fingerprint density at radius 1 is 1.16 bits per heavy atom. The normalized spacial score (nSPS) is 14.6. The third-order valence-electron chi connectivity index (χ3n) is 2.53. The lowest BCUT2D eigenvalue weighted by Crippen LogP contribution is -2.50. The third-order valence-corrected chi connectivity index (χ3v) is 2.53. The molecule has 0 radical (unpaired) electrons. The second-order valence-electron chi connectivity index (χ2n) is 4.23. The minimum absolute atomic E-state index is 0.0620. The van der Waals surface area contributed by atoms with Crippen LogP contribution in [0.4, 0.5) is 26.3 Å². The van der Waals surface area contributed by atoms with Crippen molar-refractivity contribution in [2.75, 3.05) is 19.6 Å². The molecule has 3 nitrogen and oxygen atoms in total. The maximum absolute atomic E-state index is 12.4. The number of hydrogen-bond donors (Lipinski definition) is 1. The lowest BCUT2D eigenvalue weighted by atomic mass is 10.1. The molecule has 0 saturated carbocycles. The van der Waals surface area contributed by atoms with E-state index in [-0.39, 0.29) is 25.6 Å². The van der Waals surface area contributed by atoms with E-state index in [0.717, 1.165) is 0 Å². The second kappa shape index (κ2) is 6.44. The Labute approximate surface area is 106 Å². The highest BCUT2D eigenvalue weighted by Gasteiger charge is 2.61.